The molecule has 0 aromatic heterocycles. The Balaban J connectivity index is 3.38. The molecule has 0 aliphatic carbocycles. The smallest absolute Gasteiger partial charge is 0.418 e. The van der Waals surface area contributed by atoms with Gasteiger partial charge in [0.2, 0.25) is 0 Å². The van der Waals surface area contributed by atoms with Crippen molar-refractivity contribution < 1.29 is 18.3 Å². The molecule has 0 saturated heterocycles. The van der Waals surface area contributed by atoms with Crippen molar-refractivity contribution in [3.63, 3.8) is 0 Å². The number of phenolic OH excluding ortho intramolecular Hbond substituents is 1. The Labute approximate surface area is 85.3 Å². The first-order chi connectivity index (χ1) is 5.82. The van der Waals surface area contributed by atoms with Crippen LogP contribution in [0.5, 0.6) is 5.75 Å². The zero-order chi connectivity index (χ0) is 10.2. The third-order valence-corrected chi connectivity index (χ3v) is 2.23. The van der Waals surface area contributed by atoms with E-state index in [1.807, 2.05) is 0 Å². The largest absolute Gasteiger partial charge is 0.508 e. The van der Waals surface area contributed by atoms with E-state index in [1.165, 1.54) is 0 Å². The molecule has 0 saturated carbocycles. The highest BCUT2D eigenvalue weighted by Gasteiger charge is 2.35. The highest BCUT2D eigenvalue weighted by molar-refractivity contribution is 9.10. The summed E-state index contributed by atoms with van der Waals surface area (Å²) < 4.78 is 36.5. The summed E-state index contributed by atoms with van der Waals surface area (Å²) in [6.07, 6.45) is -4.52. The van der Waals surface area contributed by atoms with Gasteiger partial charge >= 0.3 is 6.18 Å². The molecule has 1 aromatic carbocycles. The molecule has 0 amide bonds. The maximum Gasteiger partial charge on any atom is 0.418 e. The van der Waals surface area contributed by atoms with E-state index in [9.17, 15) is 13.2 Å². The Hall–Kier alpha value is -0.420. The van der Waals surface area contributed by atoms with E-state index < -0.39 is 16.8 Å². The molecule has 1 nitrogen and oxygen atoms in total. The fourth-order valence-corrected chi connectivity index (χ4v) is 1.94. The van der Waals surface area contributed by atoms with Crippen molar-refractivity contribution in [2.75, 3.05) is 0 Å². The lowest BCUT2D eigenvalue weighted by Gasteiger charge is -2.10. The SMILES string of the molecule is Oc1cc(Cl)c(C(F)(F)F)c(Br)c1. The molecular formula is C7H3BrClF3O. The molecular weight excluding hydrogens is 272 g/mol. The molecule has 6 heteroatoms. The van der Waals surface area contributed by atoms with Crippen LogP contribution >= 0.6 is 27.5 Å². The summed E-state index contributed by atoms with van der Waals surface area (Å²) in [5, 5.41) is 8.37. The van der Waals surface area contributed by atoms with Gasteiger partial charge in [0.05, 0.1) is 10.6 Å². The summed E-state index contributed by atoms with van der Waals surface area (Å²) in [6.45, 7) is 0. The molecule has 0 heterocycles. The van der Waals surface area contributed by atoms with Gasteiger partial charge < -0.3 is 5.11 Å². The molecule has 72 valence electrons. The first-order valence-electron chi connectivity index (χ1n) is 3.07. The number of phenols is 1. The minimum absolute atomic E-state index is 0.273. The highest BCUT2D eigenvalue weighted by atomic mass is 79.9. The van der Waals surface area contributed by atoms with Crippen LogP contribution in [0.1, 0.15) is 5.56 Å². The first-order valence-corrected chi connectivity index (χ1v) is 4.24. The topological polar surface area (TPSA) is 20.2 Å². The maximum atomic E-state index is 12.2. The number of halogens is 5. The van der Waals surface area contributed by atoms with E-state index in [0.29, 0.717) is 0 Å². The van der Waals surface area contributed by atoms with Crippen molar-refractivity contribution >= 4 is 27.5 Å². The van der Waals surface area contributed by atoms with Crippen LogP contribution in [0.2, 0.25) is 5.02 Å². The van der Waals surface area contributed by atoms with Gasteiger partial charge in [-0.05, 0) is 28.1 Å². The van der Waals surface area contributed by atoms with Gasteiger partial charge in [-0.25, -0.2) is 0 Å². The van der Waals surface area contributed by atoms with Crippen LogP contribution in [0.25, 0.3) is 0 Å². The molecule has 0 atom stereocenters. The Bertz CT molecular complexity index is 314. The summed E-state index contributed by atoms with van der Waals surface area (Å²) in [4.78, 5) is 0. The lowest BCUT2D eigenvalue weighted by Crippen LogP contribution is -2.06. The van der Waals surface area contributed by atoms with Crippen LogP contribution in [0.3, 0.4) is 0 Å². The van der Waals surface area contributed by atoms with Crippen molar-refractivity contribution in [3.8, 4) is 5.75 Å². The normalized spacial score (nSPS) is 11.8. The van der Waals surface area contributed by atoms with Crippen molar-refractivity contribution in [1.82, 2.24) is 0 Å². The lowest BCUT2D eigenvalue weighted by molar-refractivity contribution is -0.138. The first kappa shape index (κ1) is 10.7. The van der Waals surface area contributed by atoms with E-state index in [-0.39, 0.29) is 10.2 Å². The molecule has 1 N–H and O–H groups in total. The van der Waals surface area contributed by atoms with Gasteiger partial charge in [-0.2, -0.15) is 13.2 Å². The summed E-state index contributed by atoms with van der Waals surface area (Å²) in [7, 11) is 0. The Morgan fingerprint density at radius 3 is 2.23 bits per heavy atom. The highest BCUT2D eigenvalue weighted by Crippen LogP contribution is 2.41. The molecule has 0 unspecified atom stereocenters. The van der Waals surface area contributed by atoms with Crippen molar-refractivity contribution in [2.45, 2.75) is 6.18 Å². The summed E-state index contributed by atoms with van der Waals surface area (Å²) in [6, 6.07) is 1.78. The maximum absolute atomic E-state index is 12.2. The number of rotatable bonds is 0. The zero-order valence-electron chi connectivity index (χ0n) is 5.99. The number of hydrogen-bond acceptors (Lipinski definition) is 1. The van der Waals surface area contributed by atoms with Crippen LogP contribution < -0.4 is 0 Å². The second-order valence-electron chi connectivity index (χ2n) is 2.28. The molecule has 1 rings (SSSR count). The van der Waals surface area contributed by atoms with Crippen molar-refractivity contribution in [3.05, 3.63) is 27.2 Å². The molecule has 0 spiro atoms. The summed E-state index contributed by atoms with van der Waals surface area (Å²) >= 11 is 7.98. The van der Waals surface area contributed by atoms with E-state index in [4.69, 9.17) is 16.7 Å². The Morgan fingerprint density at radius 2 is 1.85 bits per heavy atom. The van der Waals surface area contributed by atoms with E-state index in [0.717, 1.165) is 12.1 Å². The quantitative estimate of drug-likeness (QED) is 0.763. The standard InChI is InChI=1S/C7H3BrClF3O/c8-4-1-3(13)2-5(9)6(4)7(10,11)12/h1-2,13H. The lowest BCUT2D eigenvalue weighted by atomic mass is 10.2. The predicted octanol–water partition coefficient (Wildman–Crippen LogP) is 3.83. The van der Waals surface area contributed by atoms with Crippen LogP contribution in [0.15, 0.2) is 16.6 Å². The van der Waals surface area contributed by atoms with Crippen molar-refractivity contribution in [1.29, 1.82) is 0 Å². The average molecular weight is 275 g/mol. The van der Waals surface area contributed by atoms with Crippen LogP contribution in [-0.2, 0) is 6.18 Å². The number of hydrogen-bond donors (Lipinski definition) is 1. The van der Waals surface area contributed by atoms with E-state index in [1.54, 1.807) is 0 Å². The molecule has 0 bridgehead atoms. The number of benzene rings is 1. The molecule has 0 aliphatic rings. The predicted molar refractivity (Wildman–Crippen MR) is 45.8 cm³/mol. The van der Waals surface area contributed by atoms with Crippen molar-refractivity contribution in [2.24, 2.45) is 0 Å². The van der Waals surface area contributed by atoms with Gasteiger partial charge in [-0.1, -0.05) is 11.6 Å². The second kappa shape index (κ2) is 3.38. The summed E-state index contributed by atoms with van der Waals surface area (Å²) in [5.74, 6) is -0.315. The minimum Gasteiger partial charge on any atom is -0.508 e. The number of alkyl halides is 3. The van der Waals surface area contributed by atoms with Gasteiger partial charge in [-0.15, -0.1) is 0 Å². The van der Waals surface area contributed by atoms with Gasteiger partial charge in [0.1, 0.15) is 5.75 Å². The molecule has 0 radical (unpaired) electrons. The average Bonchev–Trinajstić information content (AvgIpc) is 1.78. The van der Waals surface area contributed by atoms with Gasteiger partial charge in [0, 0.05) is 4.47 Å². The Kier molecular flexibility index (Phi) is 2.77. The van der Waals surface area contributed by atoms with E-state index in [2.05, 4.69) is 15.9 Å². The zero-order valence-corrected chi connectivity index (χ0v) is 8.33. The third-order valence-electron chi connectivity index (χ3n) is 1.31. The van der Waals surface area contributed by atoms with E-state index >= 15 is 0 Å². The molecule has 1 aromatic rings. The molecule has 0 fully saturated rings. The van der Waals surface area contributed by atoms with Crippen LogP contribution in [-0.4, -0.2) is 5.11 Å². The summed E-state index contributed by atoms with van der Waals surface area (Å²) in [5.41, 5.74) is -0.980. The Morgan fingerprint density at radius 1 is 1.31 bits per heavy atom. The monoisotopic (exact) mass is 274 g/mol. The van der Waals surface area contributed by atoms with Gasteiger partial charge in [-0.3, -0.25) is 0 Å². The number of aromatic hydroxyl groups is 1. The second-order valence-corrected chi connectivity index (χ2v) is 3.54. The van der Waals surface area contributed by atoms with Crippen LogP contribution in [0.4, 0.5) is 13.2 Å². The van der Waals surface area contributed by atoms with Gasteiger partial charge in [0.25, 0.3) is 0 Å². The fourth-order valence-electron chi connectivity index (χ4n) is 0.831. The fraction of sp³-hybridized carbons (Fsp3) is 0.143. The minimum atomic E-state index is -4.52. The molecule has 0 aliphatic heterocycles. The third kappa shape index (κ3) is 2.28. The van der Waals surface area contributed by atoms with Gasteiger partial charge in [0.15, 0.2) is 0 Å². The molecule has 13 heavy (non-hydrogen) atoms. The van der Waals surface area contributed by atoms with Crippen LogP contribution in [0, 0.1) is 0 Å².